The smallest absolute Gasteiger partial charge is 0.0166 e. The largest absolute Gasteiger partial charge is 0.330 e. The minimum atomic E-state index is 0.112. The second kappa shape index (κ2) is 4.93. The van der Waals surface area contributed by atoms with Gasteiger partial charge in [-0.25, -0.2) is 0 Å². The molecule has 0 bridgehead atoms. The van der Waals surface area contributed by atoms with Gasteiger partial charge in [-0.1, -0.05) is 18.2 Å². The third-order valence-electron chi connectivity index (χ3n) is 2.19. The van der Waals surface area contributed by atoms with Gasteiger partial charge in [-0.2, -0.15) is 0 Å². The average molecular weight is 290 g/mol. The predicted molar refractivity (Wildman–Crippen MR) is 64.6 cm³/mol. The fourth-order valence-electron chi connectivity index (χ4n) is 1.40. The van der Waals surface area contributed by atoms with E-state index in [2.05, 4.69) is 34.7 Å². The first kappa shape index (κ1) is 10.9. The van der Waals surface area contributed by atoms with Crippen LogP contribution in [0.5, 0.6) is 0 Å². The molecule has 1 aromatic carbocycles. The van der Waals surface area contributed by atoms with Crippen molar-refractivity contribution in [2.75, 3.05) is 6.54 Å². The van der Waals surface area contributed by atoms with E-state index >= 15 is 0 Å². The summed E-state index contributed by atoms with van der Waals surface area (Å²) in [7, 11) is 0. The maximum atomic E-state index is 5.86. The van der Waals surface area contributed by atoms with Crippen LogP contribution >= 0.6 is 22.6 Å². The number of nitrogens with two attached hydrogens (primary N) is 2. The van der Waals surface area contributed by atoms with Crippen molar-refractivity contribution in [2.45, 2.75) is 18.9 Å². The lowest BCUT2D eigenvalue weighted by molar-refractivity contribution is 0.575. The van der Waals surface area contributed by atoms with E-state index in [1.165, 1.54) is 9.13 Å². The molecule has 0 saturated heterocycles. The molecule has 0 fully saturated rings. The summed E-state index contributed by atoms with van der Waals surface area (Å²) in [4.78, 5) is 0. The summed E-state index contributed by atoms with van der Waals surface area (Å²) in [5.74, 6) is 0.271. The minimum Gasteiger partial charge on any atom is -0.330 e. The Bertz CT molecular complexity index is 273. The Hall–Kier alpha value is -0.130. The number of rotatable bonds is 3. The van der Waals surface area contributed by atoms with Crippen LogP contribution in [-0.2, 0) is 0 Å². The Labute approximate surface area is 92.8 Å². The maximum Gasteiger partial charge on any atom is 0.0166 e. The molecule has 72 valence electrons. The molecule has 0 aliphatic carbocycles. The number of hydrogen-bond acceptors (Lipinski definition) is 2. The fourth-order valence-corrected chi connectivity index (χ4v) is 2.19. The molecule has 13 heavy (non-hydrogen) atoms. The van der Waals surface area contributed by atoms with Crippen molar-refractivity contribution in [1.29, 1.82) is 0 Å². The molecule has 1 rings (SSSR count). The van der Waals surface area contributed by atoms with Crippen LogP contribution in [0.15, 0.2) is 24.3 Å². The molecule has 0 amide bonds. The van der Waals surface area contributed by atoms with Crippen molar-refractivity contribution in [3.63, 3.8) is 0 Å². The molecule has 4 N–H and O–H groups in total. The van der Waals surface area contributed by atoms with E-state index in [4.69, 9.17) is 11.5 Å². The van der Waals surface area contributed by atoms with Crippen LogP contribution in [0.4, 0.5) is 0 Å². The van der Waals surface area contributed by atoms with E-state index in [1.54, 1.807) is 0 Å². The SMILES string of the molecule is CC(N)C(CN)c1ccccc1I. The lowest BCUT2D eigenvalue weighted by Gasteiger charge is -2.20. The van der Waals surface area contributed by atoms with Crippen molar-refractivity contribution in [3.8, 4) is 0 Å². The molecule has 0 spiro atoms. The zero-order valence-electron chi connectivity index (χ0n) is 7.70. The third kappa shape index (κ3) is 2.65. The zero-order chi connectivity index (χ0) is 9.84. The van der Waals surface area contributed by atoms with Gasteiger partial charge in [0.1, 0.15) is 0 Å². The van der Waals surface area contributed by atoms with Gasteiger partial charge in [0.25, 0.3) is 0 Å². The van der Waals surface area contributed by atoms with Gasteiger partial charge in [0.15, 0.2) is 0 Å². The summed E-state index contributed by atoms with van der Waals surface area (Å²) in [6.07, 6.45) is 0. The summed E-state index contributed by atoms with van der Waals surface area (Å²) in [5.41, 5.74) is 12.8. The second-order valence-electron chi connectivity index (χ2n) is 3.22. The van der Waals surface area contributed by atoms with Crippen molar-refractivity contribution in [1.82, 2.24) is 0 Å². The van der Waals surface area contributed by atoms with E-state index in [0.717, 1.165) is 0 Å². The first-order chi connectivity index (χ1) is 6.16. The van der Waals surface area contributed by atoms with Crippen LogP contribution in [0.3, 0.4) is 0 Å². The van der Waals surface area contributed by atoms with Crippen LogP contribution in [0.25, 0.3) is 0 Å². The predicted octanol–water partition coefficient (Wildman–Crippen LogP) is 1.68. The molecule has 2 nitrogen and oxygen atoms in total. The third-order valence-corrected chi connectivity index (χ3v) is 3.18. The van der Waals surface area contributed by atoms with Gasteiger partial charge < -0.3 is 11.5 Å². The van der Waals surface area contributed by atoms with Crippen molar-refractivity contribution in [2.24, 2.45) is 11.5 Å². The molecule has 3 heteroatoms. The summed E-state index contributed by atoms with van der Waals surface area (Å²) in [6.45, 7) is 2.61. The van der Waals surface area contributed by atoms with Gasteiger partial charge in [0.05, 0.1) is 0 Å². The summed E-state index contributed by atoms with van der Waals surface area (Å²) in [6, 6.07) is 8.35. The first-order valence-corrected chi connectivity index (χ1v) is 5.44. The molecule has 2 atom stereocenters. The molecule has 0 aromatic heterocycles. The minimum absolute atomic E-state index is 0.112. The molecular formula is C10H15IN2. The topological polar surface area (TPSA) is 52.0 Å². The molecule has 0 aliphatic heterocycles. The Morgan fingerprint density at radius 3 is 2.46 bits per heavy atom. The normalized spacial score (nSPS) is 15.4. The summed E-state index contributed by atoms with van der Waals surface area (Å²) in [5, 5.41) is 0. The van der Waals surface area contributed by atoms with E-state index in [1.807, 2.05) is 19.1 Å². The fraction of sp³-hybridized carbons (Fsp3) is 0.400. The standard InChI is InChI=1S/C10H15IN2/c1-7(13)9(6-12)8-4-2-3-5-10(8)11/h2-5,7,9H,6,12-13H2,1H3. The highest BCUT2D eigenvalue weighted by molar-refractivity contribution is 14.1. The molecular weight excluding hydrogens is 275 g/mol. The lowest BCUT2D eigenvalue weighted by atomic mass is 9.93. The second-order valence-corrected chi connectivity index (χ2v) is 4.39. The quantitative estimate of drug-likeness (QED) is 0.832. The summed E-state index contributed by atoms with van der Waals surface area (Å²) < 4.78 is 1.24. The van der Waals surface area contributed by atoms with E-state index in [0.29, 0.717) is 6.54 Å². The van der Waals surface area contributed by atoms with Crippen LogP contribution in [0.2, 0.25) is 0 Å². The van der Waals surface area contributed by atoms with Gasteiger partial charge >= 0.3 is 0 Å². The van der Waals surface area contributed by atoms with Crippen molar-refractivity contribution >= 4 is 22.6 Å². The van der Waals surface area contributed by atoms with Gasteiger partial charge in [-0.3, -0.25) is 0 Å². The Morgan fingerprint density at radius 2 is 2.00 bits per heavy atom. The maximum absolute atomic E-state index is 5.86. The molecule has 2 unspecified atom stereocenters. The van der Waals surface area contributed by atoms with Gasteiger partial charge in [-0.15, -0.1) is 0 Å². The lowest BCUT2D eigenvalue weighted by Crippen LogP contribution is -2.31. The van der Waals surface area contributed by atoms with E-state index < -0.39 is 0 Å². The van der Waals surface area contributed by atoms with Crippen LogP contribution in [0, 0.1) is 3.57 Å². The molecule has 0 aliphatic rings. The number of benzene rings is 1. The zero-order valence-corrected chi connectivity index (χ0v) is 9.86. The highest BCUT2D eigenvalue weighted by atomic mass is 127. The molecule has 1 aromatic rings. The number of hydrogen-bond donors (Lipinski definition) is 2. The highest BCUT2D eigenvalue weighted by Crippen LogP contribution is 2.22. The van der Waals surface area contributed by atoms with Gasteiger partial charge in [-0.05, 0) is 41.1 Å². The Morgan fingerprint density at radius 1 is 1.38 bits per heavy atom. The van der Waals surface area contributed by atoms with E-state index in [-0.39, 0.29) is 12.0 Å². The van der Waals surface area contributed by atoms with Crippen LogP contribution in [0.1, 0.15) is 18.4 Å². The van der Waals surface area contributed by atoms with E-state index in [9.17, 15) is 0 Å². The molecule has 0 radical (unpaired) electrons. The summed E-state index contributed by atoms with van der Waals surface area (Å²) >= 11 is 2.32. The van der Waals surface area contributed by atoms with Gasteiger partial charge in [0.2, 0.25) is 0 Å². The van der Waals surface area contributed by atoms with Crippen LogP contribution < -0.4 is 11.5 Å². The Kier molecular flexibility index (Phi) is 4.15. The van der Waals surface area contributed by atoms with Gasteiger partial charge in [0, 0.05) is 22.1 Å². The first-order valence-electron chi connectivity index (χ1n) is 4.37. The average Bonchev–Trinajstić information content (AvgIpc) is 2.09. The monoisotopic (exact) mass is 290 g/mol. The van der Waals surface area contributed by atoms with Crippen LogP contribution in [-0.4, -0.2) is 12.6 Å². The Balaban J connectivity index is 2.97. The molecule has 0 saturated carbocycles. The molecule has 0 heterocycles. The van der Waals surface area contributed by atoms with Crippen molar-refractivity contribution in [3.05, 3.63) is 33.4 Å². The highest BCUT2D eigenvalue weighted by Gasteiger charge is 2.16. The van der Waals surface area contributed by atoms with Crippen molar-refractivity contribution < 1.29 is 0 Å². The number of halogens is 1.